The maximum absolute atomic E-state index is 10.6. The molecule has 1 rings (SSSR count). The lowest BCUT2D eigenvalue weighted by molar-refractivity contribution is -0.492. The number of benzene rings is 1. The van der Waals surface area contributed by atoms with Crippen LogP contribution in [-0.4, -0.2) is 18.1 Å². The zero-order valence-electron chi connectivity index (χ0n) is 10.1. The zero-order valence-corrected chi connectivity index (χ0v) is 10.8. The predicted molar refractivity (Wildman–Crippen MR) is 70.1 cm³/mol. The van der Waals surface area contributed by atoms with E-state index in [4.69, 9.17) is 16.3 Å². The van der Waals surface area contributed by atoms with E-state index >= 15 is 0 Å². The Morgan fingerprint density at radius 3 is 2.61 bits per heavy atom. The van der Waals surface area contributed by atoms with Crippen LogP contribution in [0.3, 0.4) is 0 Å². The van der Waals surface area contributed by atoms with Crippen LogP contribution in [0.25, 0.3) is 0 Å². The first-order valence-corrected chi connectivity index (χ1v) is 5.96. The van der Waals surface area contributed by atoms with Gasteiger partial charge in [0.2, 0.25) is 6.54 Å². The lowest BCUT2D eigenvalue weighted by atomic mass is 10.1. The predicted octanol–water partition coefficient (Wildman–Crippen LogP) is 3.09. The highest BCUT2D eigenvalue weighted by Gasteiger charge is 2.17. The Bertz CT molecular complexity index is 448. The Kier molecular flexibility index (Phi) is 6.20. The Balaban J connectivity index is 2.71. The Morgan fingerprint density at radius 2 is 2.06 bits per heavy atom. The minimum absolute atomic E-state index is 0.189. The maximum Gasteiger partial charge on any atom is 0.233 e. The molecule has 0 N–H and O–H groups in total. The fourth-order valence-electron chi connectivity index (χ4n) is 1.39. The molecule has 0 saturated heterocycles. The van der Waals surface area contributed by atoms with Crippen molar-refractivity contribution in [3.8, 4) is 11.8 Å². The summed E-state index contributed by atoms with van der Waals surface area (Å²) < 4.78 is 5.42. The minimum atomic E-state index is -0.594. The molecule has 0 heterocycles. The lowest BCUT2D eigenvalue weighted by Gasteiger charge is -2.12. The third-order valence-corrected chi connectivity index (χ3v) is 2.47. The summed E-state index contributed by atoms with van der Waals surface area (Å²) in [5, 5.41) is 11.2. The molecule has 0 bridgehead atoms. The van der Waals surface area contributed by atoms with E-state index in [0.29, 0.717) is 5.02 Å². The van der Waals surface area contributed by atoms with Crippen molar-refractivity contribution in [3.63, 3.8) is 0 Å². The van der Waals surface area contributed by atoms with Gasteiger partial charge in [0.15, 0.2) is 0 Å². The summed E-state index contributed by atoms with van der Waals surface area (Å²) in [7, 11) is 0. The van der Waals surface area contributed by atoms with Crippen molar-refractivity contribution < 1.29 is 9.66 Å². The molecule has 0 saturated carbocycles. The van der Waals surface area contributed by atoms with Gasteiger partial charge in [-0.25, -0.2) is 0 Å². The van der Waals surface area contributed by atoms with E-state index in [0.717, 1.165) is 12.0 Å². The SMILES string of the molecule is CCC#CCOC(C[N+](=O)[O-])c1ccc(Cl)cc1. The highest BCUT2D eigenvalue weighted by molar-refractivity contribution is 6.30. The summed E-state index contributed by atoms with van der Waals surface area (Å²) in [5.41, 5.74) is 0.731. The summed E-state index contributed by atoms with van der Waals surface area (Å²) >= 11 is 5.77. The Hall–Kier alpha value is -1.57. The second-order valence-corrected chi connectivity index (χ2v) is 4.01. The van der Waals surface area contributed by atoms with E-state index in [2.05, 4.69) is 11.8 Å². The van der Waals surface area contributed by atoms with Crippen LogP contribution in [-0.2, 0) is 4.74 Å². The van der Waals surface area contributed by atoms with Gasteiger partial charge in [-0.05, 0) is 17.7 Å². The van der Waals surface area contributed by atoms with E-state index in [1.165, 1.54) is 0 Å². The van der Waals surface area contributed by atoms with Gasteiger partial charge < -0.3 is 4.74 Å². The van der Waals surface area contributed by atoms with Gasteiger partial charge in [-0.2, -0.15) is 0 Å². The molecule has 5 heteroatoms. The third kappa shape index (κ3) is 5.17. The molecule has 96 valence electrons. The number of nitrogens with zero attached hydrogens (tertiary/aromatic N) is 1. The van der Waals surface area contributed by atoms with Crippen molar-refractivity contribution in [3.05, 3.63) is 45.0 Å². The average Bonchev–Trinajstić information content (AvgIpc) is 2.34. The number of ether oxygens (including phenoxy) is 1. The molecule has 1 unspecified atom stereocenters. The molecular weight excluding hydrogens is 254 g/mol. The van der Waals surface area contributed by atoms with Crippen molar-refractivity contribution in [1.82, 2.24) is 0 Å². The van der Waals surface area contributed by atoms with E-state index in [9.17, 15) is 10.1 Å². The molecule has 1 aromatic rings. The van der Waals surface area contributed by atoms with Gasteiger partial charge in [-0.3, -0.25) is 10.1 Å². The Labute approximate surface area is 111 Å². The molecule has 0 radical (unpaired) electrons. The number of nitro groups is 1. The van der Waals surface area contributed by atoms with E-state index < -0.39 is 11.0 Å². The summed E-state index contributed by atoms with van der Waals surface area (Å²) in [5.74, 6) is 5.65. The van der Waals surface area contributed by atoms with Crippen molar-refractivity contribution in [2.45, 2.75) is 19.4 Å². The third-order valence-electron chi connectivity index (χ3n) is 2.22. The fourth-order valence-corrected chi connectivity index (χ4v) is 1.51. The van der Waals surface area contributed by atoms with Crippen molar-refractivity contribution in [1.29, 1.82) is 0 Å². The topological polar surface area (TPSA) is 52.4 Å². The van der Waals surface area contributed by atoms with Crippen LogP contribution in [0.15, 0.2) is 24.3 Å². The molecule has 0 fully saturated rings. The number of hydrogen-bond acceptors (Lipinski definition) is 3. The molecule has 0 aliphatic rings. The Morgan fingerprint density at radius 1 is 1.39 bits per heavy atom. The van der Waals surface area contributed by atoms with E-state index in [1.54, 1.807) is 24.3 Å². The summed E-state index contributed by atoms with van der Waals surface area (Å²) in [6.07, 6.45) is 0.146. The van der Waals surface area contributed by atoms with Gasteiger partial charge in [-0.1, -0.05) is 36.6 Å². The second kappa shape index (κ2) is 7.70. The van der Waals surface area contributed by atoms with Crippen LogP contribution >= 0.6 is 11.6 Å². The number of hydrogen-bond donors (Lipinski definition) is 0. The normalized spacial score (nSPS) is 11.4. The van der Waals surface area contributed by atoms with Gasteiger partial charge in [-0.15, -0.1) is 5.92 Å². The maximum atomic E-state index is 10.6. The van der Waals surface area contributed by atoms with Crippen molar-refractivity contribution in [2.24, 2.45) is 0 Å². The highest BCUT2D eigenvalue weighted by atomic mass is 35.5. The van der Waals surface area contributed by atoms with E-state index in [1.807, 2.05) is 6.92 Å². The fraction of sp³-hybridized carbons (Fsp3) is 0.385. The molecule has 0 aromatic heterocycles. The molecule has 1 atom stereocenters. The summed E-state index contributed by atoms with van der Waals surface area (Å²) in [4.78, 5) is 10.2. The summed E-state index contributed by atoms with van der Waals surface area (Å²) in [6, 6.07) is 6.82. The second-order valence-electron chi connectivity index (χ2n) is 3.57. The smallest absolute Gasteiger partial charge is 0.233 e. The van der Waals surface area contributed by atoms with Gasteiger partial charge in [0.1, 0.15) is 12.7 Å². The molecule has 0 aliphatic carbocycles. The molecule has 1 aromatic carbocycles. The van der Waals surface area contributed by atoms with Crippen molar-refractivity contribution in [2.75, 3.05) is 13.2 Å². The molecular formula is C13H14ClNO3. The number of rotatable bonds is 5. The van der Waals surface area contributed by atoms with E-state index in [-0.39, 0.29) is 13.2 Å². The van der Waals surface area contributed by atoms with Gasteiger partial charge in [0.05, 0.1) is 0 Å². The molecule has 0 amide bonds. The van der Waals surface area contributed by atoms with Gasteiger partial charge in [0.25, 0.3) is 0 Å². The van der Waals surface area contributed by atoms with Crippen molar-refractivity contribution >= 4 is 11.6 Å². The van der Waals surface area contributed by atoms with Crippen LogP contribution in [0.2, 0.25) is 5.02 Å². The van der Waals surface area contributed by atoms with Gasteiger partial charge >= 0.3 is 0 Å². The van der Waals surface area contributed by atoms with Crippen LogP contribution in [0, 0.1) is 22.0 Å². The van der Waals surface area contributed by atoms with Crippen LogP contribution < -0.4 is 0 Å². The largest absolute Gasteiger partial charge is 0.354 e. The molecule has 4 nitrogen and oxygen atoms in total. The van der Waals surface area contributed by atoms with Crippen LogP contribution in [0.5, 0.6) is 0 Å². The van der Waals surface area contributed by atoms with Crippen LogP contribution in [0.1, 0.15) is 25.0 Å². The quantitative estimate of drug-likeness (QED) is 0.468. The molecule has 18 heavy (non-hydrogen) atoms. The molecule has 0 aliphatic heterocycles. The standard InChI is InChI=1S/C13H14ClNO3/c1-2-3-4-9-18-13(10-15(16)17)11-5-7-12(14)8-6-11/h5-8,13H,2,9-10H2,1H3. The first-order chi connectivity index (χ1) is 8.63. The van der Waals surface area contributed by atoms with Crippen LogP contribution in [0.4, 0.5) is 0 Å². The first-order valence-electron chi connectivity index (χ1n) is 5.58. The highest BCUT2D eigenvalue weighted by Crippen LogP contribution is 2.19. The lowest BCUT2D eigenvalue weighted by Crippen LogP contribution is -2.16. The zero-order chi connectivity index (χ0) is 13.4. The average molecular weight is 268 g/mol. The minimum Gasteiger partial charge on any atom is -0.354 e. The number of halogens is 1. The first kappa shape index (κ1) is 14.5. The molecule has 0 spiro atoms. The summed E-state index contributed by atoms with van der Waals surface area (Å²) in [6.45, 7) is 1.84. The monoisotopic (exact) mass is 267 g/mol. The van der Waals surface area contributed by atoms with Gasteiger partial charge in [0, 0.05) is 16.4 Å².